The summed E-state index contributed by atoms with van der Waals surface area (Å²) in [6, 6.07) is 7.31. The maximum absolute atomic E-state index is 12.0. The van der Waals surface area contributed by atoms with Crippen LogP contribution in [0, 0.1) is 16.7 Å². The summed E-state index contributed by atoms with van der Waals surface area (Å²) in [6.45, 7) is 3.83. The van der Waals surface area contributed by atoms with Crippen molar-refractivity contribution < 1.29 is 9.53 Å². The summed E-state index contributed by atoms with van der Waals surface area (Å²) in [7, 11) is 1.51. The standard InChI is InChI=1S/C13H15BrN2O2/c1-13(2,7-15)8-16-12(17)10-5-4-9(14)6-11(10)18-3/h4-6H,8H2,1-3H3,(H,16,17). The van der Waals surface area contributed by atoms with Gasteiger partial charge in [-0.15, -0.1) is 0 Å². The fourth-order valence-electron chi connectivity index (χ4n) is 1.29. The van der Waals surface area contributed by atoms with Gasteiger partial charge in [-0.2, -0.15) is 5.26 Å². The van der Waals surface area contributed by atoms with E-state index in [0.29, 0.717) is 17.9 Å². The van der Waals surface area contributed by atoms with E-state index in [2.05, 4.69) is 27.3 Å². The highest BCUT2D eigenvalue weighted by Gasteiger charge is 2.19. The van der Waals surface area contributed by atoms with Crippen LogP contribution in [0.15, 0.2) is 22.7 Å². The minimum Gasteiger partial charge on any atom is -0.496 e. The molecule has 0 saturated carbocycles. The second-order valence-electron chi connectivity index (χ2n) is 4.52. The van der Waals surface area contributed by atoms with Crippen molar-refractivity contribution in [3.63, 3.8) is 0 Å². The van der Waals surface area contributed by atoms with Gasteiger partial charge in [-0.05, 0) is 32.0 Å². The molecular formula is C13H15BrN2O2. The van der Waals surface area contributed by atoms with Gasteiger partial charge in [-0.3, -0.25) is 4.79 Å². The Morgan fingerprint density at radius 3 is 2.78 bits per heavy atom. The summed E-state index contributed by atoms with van der Waals surface area (Å²) in [5, 5.41) is 11.6. The summed E-state index contributed by atoms with van der Waals surface area (Å²) in [5.74, 6) is 0.249. The van der Waals surface area contributed by atoms with Crippen LogP contribution in [-0.2, 0) is 0 Å². The molecule has 1 aromatic carbocycles. The van der Waals surface area contributed by atoms with Crippen LogP contribution >= 0.6 is 15.9 Å². The lowest BCUT2D eigenvalue weighted by molar-refractivity contribution is 0.0940. The molecule has 0 heterocycles. The van der Waals surface area contributed by atoms with Crippen molar-refractivity contribution in [3.8, 4) is 11.8 Å². The van der Waals surface area contributed by atoms with E-state index in [1.807, 2.05) is 0 Å². The van der Waals surface area contributed by atoms with E-state index in [-0.39, 0.29) is 5.91 Å². The second-order valence-corrected chi connectivity index (χ2v) is 5.44. The van der Waals surface area contributed by atoms with Crippen molar-refractivity contribution in [2.24, 2.45) is 5.41 Å². The van der Waals surface area contributed by atoms with Gasteiger partial charge in [0, 0.05) is 11.0 Å². The molecule has 0 spiro atoms. The zero-order valence-corrected chi connectivity index (χ0v) is 12.2. The Bertz CT molecular complexity index is 492. The first-order chi connectivity index (χ1) is 8.39. The van der Waals surface area contributed by atoms with Crippen LogP contribution in [0.1, 0.15) is 24.2 Å². The number of methoxy groups -OCH3 is 1. The highest BCUT2D eigenvalue weighted by atomic mass is 79.9. The SMILES string of the molecule is COc1cc(Br)ccc1C(=O)NCC(C)(C)C#N. The Kier molecular flexibility index (Phi) is 4.74. The lowest BCUT2D eigenvalue weighted by Crippen LogP contribution is -2.33. The van der Waals surface area contributed by atoms with Gasteiger partial charge in [-0.1, -0.05) is 15.9 Å². The average Bonchev–Trinajstić information content (AvgIpc) is 2.36. The van der Waals surface area contributed by atoms with Gasteiger partial charge >= 0.3 is 0 Å². The van der Waals surface area contributed by atoms with E-state index in [0.717, 1.165) is 4.47 Å². The number of rotatable bonds is 4. The third-order valence-electron chi connectivity index (χ3n) is 2.40. The third kappa shape index (κ3) is 3.74. The number of nitrogens with one attached hydrogen (secondary N) is 1. The zero-order chi connectivity index (χ0) is 13.8. The highest BCUT2D eigenvalue weighted by molar-refractivity contribution is 9.10. The minimum atomic E-state index is -0.585. The van der Waals surface area contributed by atoms with Crippen LogP contribution in [-0.4, -0.2) is 19.6 Å². The van der Waals surface area contributed by atoms with E-state index in [4.69, 9.17) is 10.00 Å². The van der Waals surface area contributed by atoms with Gasteiger partial charge in [0.1, 0.15) is 5.75 Å². The summed E-state index contributed by atoms with van der Waals surface area (Å²) >= 11 is 3.31. The van der Waals surface area contributed by atoms with Gasteiger partial charge < -0.3 is 10.1 Å². The molecule has 1 rings (SSSR count). The topological polar surface area (TPSA) is 62.1 Å². The van der Waals surface area contributed by atoms with Gasteiger partial charge in [0.05, 0.1) is 24.2 Å². The largest absolute Gasteiger partial charge is 0.496 e. The first kappa shape index (κ1) is 14.5. The summed E-state index contributed by atoms with van der Waals surface area (Å²) in [4.78, 5) is 12.0. The number of benzene rings is 1. The number of amides is 1. The van der Waals surface area contributed by atoms with Crippen LogP contribution in [0.3, 0.4) is 0 Å². The lowest BCUT2D eigenvalue weighted by atomic mass is 9.96. The Morgan fingerprint density at radius 1 is 1.56 bits per heavy atom. The predicted octanol–water partition coefficient (Wildman–Crippen LogP) is 2.74. The van der Waals surface area contributed by atoms with Gasteiger partial charge in [0.25, 0.3) is 5.91 Å². The van der Waals surface area contributed by atoms with Gasteiger partial charge in [0.2, 0.25) is 0 Å². The number of nitrogens with zero attached hydrogens (tertiary/aromatic N) is 1. The van der Waals surface area contributed by atoms with Gasteiger partial charge in [-0.25, -0.2) is 0 Å². The number of hydrogen-bond acceptors (Lipinski definition) is 3. The summed E-state index contributed by atoms with van der Waals surface area (Å²) < 4.78 is 5.99. The Hall–Kier alpha value is -1.54. The molecule has 18 heavy (non-hydrogen) atoms. The molecule has 0 aliphatic carbocycles. The molecule has 0 saturated heterocycles. The van der Waals surface area contributed by atoms with Crippen LogP contribution in [0.25, 0.3) is 0 Å². The fraction of sp³-hybridized carbons (Fsp3) is 0.385. The maximum Gasteiger partial charge on any atom is 0.255 e. The highest BCUT2D eigenvalue weighted by Crippen LogP contribution is 2.23. The van der Waals surface area contributed by atoms with Crippen LogP contribution in [0.5, 0.6) is 5.75 Å². The smallest absolute Gasteiger partial charge is 0.255 e. The predicted molar refractivity (Wildman–Crippen MR) is 72.4 cm³/mol. The molecular weight excluding hydrogens is 296 g/mol. The van der Waals surface area contributed by atoms with Crippen molar-refractivity contribution in [3.05, 3.63) is 28.2 Å². The van der Waals surface area contributed by atoms with Crippen LogP contribution in [0.2, 0.25) is 0 Å². The third-order valence-corrected chi connectivity index (χ3v) is 2.90. The number of nitriles is 1. The van der Waals surface area contributed by atoms with Crippen LogP contribution in [0.4, 0.5) is 0 Å². The molecule has 4 nitrogen and oxygen atoms in total. The number of hydrogen-bond donors (Lipinski definition) is 1. The first-order valence-electron chi connectivity index (χ1n) is 5.42. The molecule has 96 valence electrons. The Labute approximate surface area is 115 Å². The van der Waals surface area contributed by atoms with Crippen LogP contribution < -0.4 is 10.1 Å². The molecule has 0 radical (unpaired) electrons. The molecule has 0 aromatic heterocycles. The number of carbonyl (C=O) groups excluding carboxylic acids is 1. The number of ether oxygens (including phenoxy) is 1. The molecule has 0 unspecified atom stereocenters. The Balaban J connectivity index is 2.83. The van der Waals surface area contributed by atoms with E-state index >= 15 is 0 Å². The number of carbonyl (C=O) groups is 1. The molecule has 0 fully saturated rings. The van der Waals surface area contributed by atoms with E-state index in [1.165, 1.54) is 7.11 Å². The first-order valence-corrected chi connectivity index (χ1v) is 6.22. The van der Waals surface area contributed by atoms with E-state index in [9.17, 15) is 4.79 Å². The monoisotopic (exact) mass is 310 g/mol. The minimum absolute atomic E-state index is 0.248. The molecule has 0 atom stereocenters. The molecule has 1 N–H and O–H groups in total. The molecule has 0 bridgehead atoms. The molecule has 1 aromatic rings. The van der Waals surface area contributed by atoms with E-state index in [1.54, 1.807) is 32.0 Å². The maximum atomic E-state index is 12.0. The molecule has 5 heteroatoms. The summed E-state index contributed by atoms with van der Waals surface area (Å²) in [5.41, 5.74) is -0.132. The quantitative estimate of drug-likeness (QED) is 0.930. The Morgan fingerprint density at radius 2 is 2.22 bits per heavy atom. The second kappa shape index (κ2) is 5.87. The van der Waals surface area contributed by atoms with Crippen molar-refractivity contribution in [1.82, 2.24) is 5.32 Å². The lowest BCUT2D eigenvalue weighted by Gasteiger charge is -2.16. The summed E-state index contributed by atoms with van der Waals surface area (Å²) in [6.07, 6.45) is 0. The molecule has 1 amide bonds. The fourth-order valence-corrected chi connectivity index (χ4v) is 1.63. The van der Waals surface area contributed by atoms with Crippen molar-refractivity contribution in [1.29, 1.82) is 5.26 Å². The van der Waals surface area contributed by atoms with Crippen molar-refractivity contribution >= 4 is 21.8 Å². The zero-order valence-electron chi connectivity index (χ0n) is 10.6. The number of halogens is 1. The average molecular weight is 311 g/mol. The van der Waals surface area contributed by atoms with Crippen molar-refractivity contribution in [2.75, 3.05) is 13.7 Å². The molecule has 0 aliphatic heterocycles. The van der Waals surface area contributed by atoms with E-state index < -0.39 is 5.41 Å². The normalized spacial score (nSPS) is 10.6. The molecule has 0 aliphatic rings. The van der Waals surface area contributed by atoms with Gasteiger partial charge in [0.15, 0.2) is 0 Å². The van der Waals surface area contributed by atoms with Crippen molar-refractivity contribution in [2.45, 2.75) is 13.8 Å².